The average Bonchev–Trinajstić information content (AvgIpc) is 3.49. The van der Waals surface area contributed by atoms with E-state index in [4.69, 9.17) is 9.88 Å². The molecule has 1 aliphatic carbocycles. The number of aliphatic hydroxyl groups excluding tert-OH is 1. The molecular weight excluding hydrogens is 520 g/mol. The molecule has 5 rings (SSSR count). The highest BCUT2D eigenvalue weighted by Crippen LogP contribution is 2.36. The maximum Gasteiger partial charge on any atom is 0.333 e. The van der Waals surface area contributed by atoms with E-state index in [1.54, 1.807) is 12.1 Å². The molecule has 0 unspecified atom stereocenters. The standard InChI is InChI=1S/C24H24N4O7S2/c25-37(32,33)35-9-13-5-15(7-19(13)29)28-24-18(8-26-12-27-24)22(31)21-6-14(11-36-21)23-17-4-2-1-3-16(17)20(30)10-34-23/h1-4,6,8,11-13,15,19,23,29H,5,7,9-10H2,(H2,25,32,33)(H,26,27,28)/t13-,15-,19+,23+/m1/s1. The van der Waals surface area contributed by atoms with Crippen LogP contribution >= 0.6 is 11.3 Å². The number of thiophene rings is 1. The summed E-state index contributed by atoms with van der Waals surface area (Å²) in [5.41, 5.74) is 2.42. The van der Waals surface area contributed by atoms with Gasteiger partial charge in [0, 0.05) is 23.7 Å². The number of rotatable bonds is 8. The molecule has 3 aromatic rings. The first kappa shape index (κ1) is 25.6. The lowest BCUT2D eigenvalue weighted by atomic mass is 9.93. The zero-order chi connectivity index (χ0) is 26.2. The summed E-state index contributed by atoms with van der Waals surface area (Å²) < 4.78 is 32.6. The van der Waals surface area contributed by atoms with Crippen molar-refractivity contribution in [2.45, 2.75) is 31.1 Å². The highest BCUT2D eigenvalue weighted by molar-refractivity contribution is 7.84. The van der Waals surface area contributed by atoms with Gasteiger partial charge in [-0.2, -0.15) is 8.42 Å². The first-order valence-electron chi connectivity index (χ1n) is 11.5. The lowest BCUT2D eigenvalue weighted by Crippen LogP contribution is -2.24. The number of aromatic nitrogens is 2. The Labute approximate surface area is 216 Å². The number of carbonyl (C=O) groups excluding carboxylic acids is 2. The number of Topliss-reactive ketones (excluding diaryl/α,β-unsaturated/α-hetero) is 1. The third kappa shape index (κ3) is 5.61. The van der Waals surface area contributed by atoms with E-state index in [9.17, 15) is 23.1 Å². The van der Waals surface area contributed by atoms with Crippen molar-refractivity contribution in [2.75, 3.05) is 18.5 Å². The third-order valence-corrected chi connectivity index (χ3v) is 7.88. The molecule has 0 spiro atoms. The summed E-state index contributed by atoms with van der Waals surface area (Å²) in [6.45, 7) is -0.262. The number of ether oxygens (including phenoxy) is 1. The molecule has 0 amide bonds. The summed E-state index contributed by atoms with van der Waals surface area (Å²) in [5, 5.41) is 20.2. The van der Waals surface area contributed by atoms with Crippen molar-refractivity contribution in [1.82, 2.24) is 9.97 Å². The van der Waals surface area contributed by atoms with Gasteiger partial charge < -0.3 is 15.2 Å². The van der Waals surface area contributed by atoms with Crippen LogP contribution < -0.4 is 10.5 Å². The second-order valence-corrected chi connectivity index (χ2v) is 11.1. The monoisotopic (exact) mass is 544 g/mol. The quantitative estimate of drug-likeness (QED) is 0.355. The smallest absolute Gasteiger partial charge is 0.333 e. The molecule has 0 saturated heterocycles. The average molecular weight is 545 g/mol. The van der Waals surface area contributed by atoms with Crippen molar-refractivity contribution in [3.8, 4) is 0 Å². The highest BCUT2D eigenvalue weighted by Gasteiger charge is 2.35. The van der Waals surface area contributed by atoms with E-state index in [0.29, 0.717) is 29.1 Å². The second-order valence-electron chi connectivity index (χ2n) is 8.98. The molecule has 13 heteroatoms. The molecule has 1 aromatic carbocycles. The lowest BCUT2D eigenvalue weighted by molar-refractivity contribution is 0.0512. The number of nitrogens with one attached hydrogen (secondary N) is 1. The molecule has 194 valence electrons. The van der Waals surface area contributed by atoms with Crippen molar-refractivity contribution < 1.29 is 32.0 Å². The molecule has 3 heterocycles. The Morgan fingerprint density at radius 1 is 1.30 bits per heavy atom. The summed E-state index contributed by atoms with van der Waals surface area (Å²) in [6, 6.07) is 8.76. The number of fused-ring (bicyclic) bond motifs is 1. The van der Waals surface area contributed by atoms with Crippen molar-refractivity contribution >= 4 is 39.0 Å². The van der Waals surface area contributed by atoms with Crippen LogP contribution in [-0.2, 0) is 19.2 Å². The van der Waals surface area contributed by atoms with Gasteiger partial charge in [0.2, 0.25) is 5.78 Å². The molecule has 2 aromatic heterocycles. The van der Waals surface area contributed by atoms with E-state index in [0.717, 1.165) is 11.1 Å². The number of hydrogen-bond donors (Lipinski definition) is 3. The summed E-state index contributed by atoms with van der Waals surface area (Å²) >= 11 is 1.26. The van der Waals surface area contributed by atoms with Gasteiger partial charge in [0.05, 0.1) is 23.2 Å². The van der Waals surface area contributed by atoms with Crippen molar-refractivity contribution in [3.63, 3.8) is 0 Å². The van der Waals surface area contributed by atoms with Crippen LogP contribution in [0, 0.1) is 5.92 Å². The Balaban J connectivity index is 1.32. The first-order valence-corrected chi connectivity index (χ1v) is 13.8. The summed E-state index contributed by atoms with van der Waals surface area (Å²) in [7, 11) is -4.11. The molecule has 1 saturated carbocycles. The Morgan fingerprint density at radius 3 is 2.92 bits per heavy atom. The van der Waals surface area contributed by atoms with Gasteiger partial charge in [-0.25, -0.2) is 15.1 Å². The maximum atomic E-state index is 13.4. The van der Waals surface area contributed by atoms with E-state index in [1.807, 2.05) is 23.6 Å². The van der Waals surface area contributed by atoms with E-state index in [1.165, 1.54) is 23.9 Å². The predicted molar refractivity (Wildman–Crippen MR) is 134 cm³/mol. The molecule has 2 aliphatic rings. The fraction of sp³-hybridized carbons (Fsp3) is 0.333. The zero-order valence-corrected chi connectivity index (χ0v) is 21.1. The summed E-state index contributed by atoms with van der Waals surface area (Å²) in [4.78, 5) is 34.3. The van der Waals surface area contributed by atoms with Gasteiger partial charge in [-0.15, -0.1) is 11.3 Å². The SMILES string of the molecule is NS(=O)(=O)OC[C@H]1C[C@@H](Nc2ncncc2C(=O)c2cc([C@@H]3OCC(=O)c4ccccc43)cs2)C[C@@H]1O. The van der Waals surface area contributed by atoms with Crippen molar-refractivity contribution in [3.05, 3.63) is 75.4 Å². The number of anilines is 1. The molecule has 1 fully saturated rings. The van der Waals surface area contributed by atoms with Crippen LogP contribution in [0.5, 0.6) is 0 Å². The van der Waals surface area contributed by atoms with Gasteiger partial charge in [-0.3, -0.25) is 13.8 Å². The van der Waals surface area contributed by atoms with Crippen LogP contribution in [0.1, 0.15) is 55.7 Å². The predicted octanol–water partition coefficient (Wildman–Crippen LogP) is 1.84. The molecule has 37 heavy (non-hydrogen) atoms. The molecule has 4 atom stereocenters. The Bertz CT molecular complexity index is 1440. The van der Waals surface area contributed by atoms with Crippen molar-refractivity contribution in [2.24, 2.45) is 11.1 Å². The summed E-state index contributed by atoms with van der Waals surface area (Å²) in [5.74, 6) is -0.495. The van der Waals surface area contributed by atoms with Gasteiger partial charge in [-0.05, 0) is 35.4 Å². The normalized spacial score (nSPS) is 23.6. The lowest BCUT2D eigenvalue weighted by Gasteiger charge is -2.24. The van der Waals surface area contributed by atoms with Crippen LogP contribution in [0.3, 0.4) is 0 Å². The fourth-order valence-corrected chi connectivity index (χ4v) is 5.95. The third-order valence-electron chi connectivity index (χ3n) is 6.47. The fourth-order valence-electron chi connectivity index (χ4n) is 4.71. The molecule has 0 radical (unpaired) electrons. The van der Waals surface area contributed by atoms with Crippen LogP contribution in [-0.4, -0.2) is 60.4 Å². The van der Waals surface area contributed by atoms with Crippen LogP contribution in [0.2, 0.25) is 0 Å². The number of nitrogens with zero attached hydrogens (tertiary/aromatic N) is 2. The number of benzene rings is 1. The van der Waals surface area contributed by atoms with Gasteiger partial charge >= 0.3 is 10.3 Å². The largest absolute Gasteiger partial charge is 0.393 e. The minimum atomic E-state index is -4.11. The van der Waals surface area contributed by atoms with E-state index < -0.39 is 28.4 Å². The minimum Gasteiger partial charge on any atom is -0.393 e. The number of ketones is 2. The number of aliphatic hydroxyl groups is 1. The topological polar surface area (TPSA) is 171 Å². The van der Waals surface area contributed by atoms with Gasteiger partial charge in [0.15, 0.2) is 5.78 Å². The van der Waals surface area contributed by atoms with E-state index in [2.05, 4.69) is 19.5 Å². The van der Waals surface area contributed by atoms with Gasteiger partial charge in [-0.1, -0.05) is 24.3 Å². The first-order chi connectivity index (χ1) is 17.7. The van der Waals surface area contributed by atoms with Crippen LogP contribution in [0.15, 0.2) is 48.2 Å². The summed E-state index contributed by atoms with van der Waals surface area (Å²) in [6.07, 6.45) is 2.20. The molecular formula is C24H24N4O7S2. The van der Waals surface area contributed by atoms with Gasteiger partial charge in [0.25, 0.3) is 0 Å². The Morgan fingerprint density at radius 2 is 2.11 bits per heavy atom. The Hall–Kier alpha value is -3.07. The van der Waals surface area contributed by atoms with E-state index in [-0.39, 0.29) is 36.4 Å². The number of nitrogens with two attached hydrogens (primary N) is 1. The minimum absolute atomic E-state index is 0.0299. The maximum absolute atomic E-state index is 13.4. The number of carbonyl (C=O) groups is 2. The Kier molecular flexibility index (Phi) is 7.16. The zero-order valence-electron chi connectivity index (χ0n) is 19.4. The molecule has 0 bridgehead atoms. The van der Waals surface area contributed by atoms with Crippen LogP contribution in [0.4, 0.5) is 5.82 Å². The van der Waals surface area contributed by atoms with E-state index >= 15 is 0 Å². The molecule has 4 N–H and O–H groups in total. The molecule has 1 aliphatic heterocycles. The van der Waals surface area contributed by atoms with Crippen LogP contribution in [0.25, 0.3) is 0 Å². The number of hydrogen-bond acceptors (Lipinski definition) is 11. The second kappa shape index (κ2) is 10.4. The molecule has 11 nitrogen and oxygen atoms in total. The van der Waals surface area contributed by atoms with Gasteiger partial charge in [0.1, 0.15) is 24.9 Å². The van der Waals surface area contributed by atoms with Crippen molar-refractivity contribution in [1.29, 1.82) is 0 Å². The highest BCUT2D eigenvalue weighted by atomic mass is 32.2.